The minimum absolute atomic E-state index is 0.386. The number of phenols is 1. The average Bonchev–Trinajstić information content (AvgIpc) is 2.21. The van der Waals surface area contributed by atoms with Crippen molar-refractivity contribution in [1.82, 2.24) is 4.90 Å². The number of rotatable bonds is 5. The van der Waals surface area contributed by atoms with Crippen molar-refractivity contribution >= 4 is 0 Å². The largest absolute Gasteiger partial charge is 0.508 e. The standard InChI is InChI=1S/C14H21NO/c1-12(2)7-6-10-15(3)11-13-8-4-5-9-14(13)16/h4-5,7-9,16H,6,10-11H2,1-3H3. The van der Waals surface area contributed by atoms with E-state index in [-0.39, 0.29) is 0 Å². The lowest BCUT2D eigenvalue weighted by molar-refractivity contribution is 0.326. The van der Waals surface area contributed by atoms with Crippen LogP contribution in [0.25, 0.3) is 0 Å². The summed E-state index contributed by atoms with van der Waals surface area (Å²) in [5, 5.41) is 9.63. The first-order valence-electron chi connectivity index (χ1n) is 5.68. The summed E-state index contributed by atoms with van der Waals surface area (Å²) < 4.78 is 0. The van der Waals surface area contributed by atoms with Gasteiger partial charge < -0.3 is 10.0 Å². The van der Waals surface area contributed by atoms with E-state index in [1.54, 1.807) is 6.07 Å². The topological polar surface area (TPSA) is 23.5 Å². The predicted octanol–water partition coefficient (Wildman–Crippen LogP) is 3.18. The van der Waals surface area contributed by atoms with Crippen molar-refractivity contribution in [2.24, 2.45) is 0 Å². The molecule has 1 aromatic rings. The number of para-hydroxylation sites is 1. The van der Waals surface area contributed by atoms with Gasteiger partial charge in [0, 0.05) is 18.7 Å². The molecule has 0 bridgehead atoms. The highest BCUT2D eigenvalue weighted by atomic mass is 16.3. The van der Waals surface area contributed by atoms with Gasteiger partial charge in [0.25, 0.3) is 0 Å². The zero-order chi connectivity index (χ0) is 12.0. The number of phenolic OH excluding ortho intramolecular Hbond substituents is 1. The summed E-state index contributed by atoms with van der Waals surface area (Å²) in [5.41, 5.74) is 2.35. The van der Waals surface area contributed by atoms with Crippen molar-refractivity contribution in [2.75, 3.05) is 13.6 Å². The second kappa shape index (κ2) is 6.33. The Morgan fingerprint density at radius 3 is 2.62 bits per heavy atom. The summed E-state index contributed by atoms with van der Waals surface area (Å²) in [6, 6.07) is 7.51. The van der Waals surface area contributed by atoms with Gasteiger partial charge in [-0.15, -0.1) is 0 Å². The van der Waals surface area contributed by atoms with E-state index in [2.05, 4.69) is 31.9 Å². The molecule has 0 unspecified atom stereocenters. The smallest absolute Gasteiger partial charge is 0.120 e. The predicted molar refractivity (Wildman–Crippen MR) is 68.5 cm³/mol. The highest BCUT2D eigenvalue weighted by Crippen LogP contribution is 2.17. The van der Waals surface area contributed by atoms with Gasteiger partial charge >= 0.3 is 0 Å². The molecule has 1 N–H and O–H groups in total. The first-order valence-corrected chi connectivity index (χ1v) is 5.68. The van der Waals surface area contributed by atoms with Gasteiger partial charge in [0.05, 0.1) is 0 Å². The maximum Gasteiger partial charge on any atom is 0.120 e. The van der Waals surface area contributed by atoms with Crippen molar-refractivity contribution in [3.8, 4) is 5.75 Å². The van der Waals surface area contributed by atoms with E-state index in [1.165, 1.54) is 5.57 Å². The molecule has 0 aromatic heterocycles. The molecule has 0 amide bonds. The van der Waals surface area contributed by atoms with E-state index in [1.807, 2.05) is 18.2 Å². The monoisotopic (exact) mass is 219 g/mol. The maximum absolute atomic E-state index is 9.63. The van der Waals surface area contributed by atoms with Gasteiger partial charge in [-0.3, -0.25) is 0 Å². The summed E-state index contributed by atoms with van der Waals surface area (Å²) in [6.07, 6.45) is 3.30. The molecule has 0 saturated carbocycles. The Hall–Kier alpha value is -1.28. The average molecular weight is 219 g/mol. The first kappa shape index (κ1) is 12.8. The molecule has 2 heteroatoms. The molecule has 0 aliphatic carbocycles. The van der Waals surface area contributed by atoms with Crippen molar-refractivity contribution in [1.29, 1.82) is 0 Å². The minimum atomic E-state index is 0.386. The van der Waals surface area contributed by atoms with Crippen molar-refractivity contribution < 1.29 is 5.11 Å². The van der Waals surface area contributed by atoms with Gasteiger partial charge in [-0.25, -0.2) is 0 Å². The molecule has 88 valence electrons. The molecule has 0 radical (unpaired) electrons. The molecular formula is C14H21NO. The van der Waals surface area contributed by atoms with Crippen LogP contribution in [0.2, 0.25) is 0 Å². The molecule has 0 heterocycles. The van der Waals surface area contributed by atoms with Crippen LogP contribution in [-0.2, 0) is 6.54 Å². The molecule has 1 rings (SSSR count). The fourth-order valence-electron chi connectivity index (χ4n) is 1.59. The quantitative estimate of drug-likeness (QED) is 0.769. The number of hydrogen-bond donors (Lipinski definition) is 1. The molecule has 1 aromatic carbocycles. The molecule has 0 atom stereocenters. The minimum Gasteiger partial charge on any atom is -0.508 e. The highest BCUT2D eigenvalue weighted by molar-refractivity contribution is 5.31. The second-order valence-corrected chi connectivity index (χ2v) is 4.44. The van der Waals surface area contributed by atoms with Gasteiger partial charge in [-0.2, -0.15) is 0 Å². The van der Waals surface area contributed by atoms with Crippen LogP contribution >= 0.6 is 0 Å². The third-order valence-corrected chi connectivity index (χ3v) is 2.50. The Morgan fingerprint density at radius 1 is 1.31 bits per heavy atom. The van der Waals surface area contributed by atoms with Crippen molar-refractivity contribution in [3.05, 3.63) is 41.5 Å². The lowest BCUT2D eigenvalue weighted by Crippen LogP contribution is -2.18. The molecule has 16 heavy (non-hydrogen) atoms. The van der Waals surface area contributed by atoms with E-state index >= 15 is 0 Å². The first-order chi connectivity index (χ1) is 7.59. The number of benzene rings is 1. The maximum atomic E-state index is 9.63. The summed E-state index contributed by atoms with van der Waals surface area (Å²) in [4.78, 5) is 2.22. The lowest BCUT2D eigenvalue weighted by Gasteiger charge is -2.16. The van der Waals surface area contributed by atoms with E-state index < -0.39 is 0 Å². The third-order valence-electron chi connectivity index (χ3n) is 2.50. The molecule has 2 nitrogen and oxygen atoms in total. The zero-order valence-electron chi connectivity index (χ0n) is 10.4. The zero-order valence-corrected chi connectivity index (χ0v) is 10.4. The lowest BCUT2D eigenvalue weighted by atomic mass is 10.2. The van der Waals surface area contributed by atoms with Gasteiger partial charge in [0.1, 0.15) is 5.75 Å². The molecule has 0 spiro atoms. The molecule has 0 saturated heterocycles. The molecule has 0 fully saturated rings. The molecule has 0 aliphatic rings. The Morgan fingerprint density at radius 2 is 2.00 bits per heavy atom. The van der Waals surface area contributed by atoms with Crippen LogP contribution in [0, 0.1) is 0 Å². The SMILES string of the molecule is CC(C)=CCCN(C)Cc1ccccc1O. The Labute approximate surface area is 98.2 Å². The van der Waals surface area contributed by atoms with Crippen LogP contribution in [-0.4, -0.2) is 23.6 Å². The van der Waals surface area contributed by atoms with Crippen molar-refractivity contribution in [3.63, 3.8) is 0 Å². The number of nitrogens with zero attached hydrogens (tertiary/aromatic N) is 1. The summed E-state index contributed by atoms with van der Waals surface area (Å²) in [6.45, 7) is 6.04. The molecular weight excluding hydrogens is 198 g/mol. The fourth-order valence-corrected chi connectivity index (χ4v) is 1.59. The fraction of sp³-hybridized carbons (Fsp3) is 0.429. The van der Waals surface area contributed by atoms with Crippen LogP contribution in [0.3, 0.4) is 0 Å². The van der Waals surface area contributed by atoms with Gasteiger partial charge in [0.15, 0.2) is 0 Å². The third kappa shape index (κ3) is 4.49. The van der Waals surface area contributed by atoms with Crippen LogP contribution in [0.5, 0.6) is 5.75 Å². The van der Waals surface area contributed by atoms with E-state index in [0.29, 0.717) is 5.75 Å². The van der Waals surface area contributed by atoms with Crippen LogP contribution < -0.4 is 0 Å². The number of allylic oxidation sites excluding steroid dienone is 1. The second-order valence-electron chi connectivity index (χ2n) is 4.44. The molecule has 0 aliphatic heterocycles. The Kier molecular flexibility index (Phi) is 5.06. The number of aromatic hydroxyl groups is 1. The number of hydrogen-bond acceptors (Lipinski definition) is 2. The summed E-state index contributed by atoms with van der Waals surface area (Å²) in [7, 11) is 2.07. The van der Waals surface area contributed by atoms with E-state index in [9.17, 15) is 5.11 Å². The van der Waals surface area contributed by atoms with Gasteiger partial charge in [0.2, 0.25) is 0 Å². The summed E-state index contributed by atoms with van der Waals surface area (Å²) >= 11 is 0. The van der Waals surface area contributed by atoms with E-state index in [0.717, 1.165) is 25.1 Å². The Balaban J connectivity index is 2.43. The van der Waals surface area contributed by atoms with Crippen LogP contribution in [0.1, 0.15) is 25.8 Å². The van der Waals surface area contributed by atoms with Gasteiger partial charge in [-0.1, -0.05) is 29.8 Å². The normalized spacial score (nSPS) is 10.5. The van der Waals surface area contributed by atoms with E-state index in [4.69, 9.17) is 0 Å². The Bertz CT molecular complexity index is 354. The van der Waals surface area contributed by atoms with Crippen LogP contribution in [0.15, 0.2) is 35.9 Å². The van der Waals surface area contributed by atoms with Crippen molar-refractivity contribution in [2.45, 2.75) is 26.8 Å². The highest BCUT2D eigenvalue weighted by Gasteiger charge is 2.03. The van der Waals surface area contributed by atoms with Gasteiger partial charge in [-0.05, 0) is 33.4 Å². The summed E-state index contributed by atoms with van der Waals surface area (Å²) in [5.74, 6) is 0.386. The van der Waals surface area contributed by atoms with Crippen LogP contribution in [0.4, 0.5) is 0 Å².